The quantitative estimate of drug-likeness (QED) is 0.124. The molecule has 3 heteroatoms. The molecule has 274 valence electrons. The minimum absolute atomic E-state index is 0.0642. The first kappa shape index (κ1) is 36.8. The van der Waals surface area contributed by atoms with Crippen LogP contribution in [-0.4, -0.2) is 11.5 Å². The highest BCUT2D eigenvalue weighted by molar-refractivity contribution is 7.26. The highest BCUT2D eigenvalue weighted by Crippen LogP contribution is 2.51. The van der Waals surface area contributed by atoms with Crippen LogP contribution in [0.25, 0.3) is 48.1 Å². The lowest BCUT2D eigenvalue weighted by molar-refractivity contribution is 0.656. The molecular weight excluding hydrogens is 697 g/mol. The molecule has 1 aromatic heterocycles. The summed E-state index contributed by atoms with van der Waals surface area (Å²) in [6.45, 7) is 17.6. The van der Waals surface area contributed by atoms with Gasteiger partial charge in [0, 0.05) is 42.4 Å². The number of benzene rings is 7. The largest absolute Gasteiger partial charge is 0.233 e. The third-order valence-corrected chi connectivity index (χ3v) is 12.3. The Bertz CT molecular complexity index is 2820. The first-order valence-electron chi connectivity index (χ1n) is 19.3. The van der Waals surface area contributed by atoms with Crippen molar-refractivity contribution in [2.24, 2.45) is 9.98 Å². The van der Waals surface area contributed by atoms with E-state index in [-0.39, 0.29) is 5.41 Å². The summed E-state index contributed by atoms with van der Waals surface area (Å²) >= 11 is 1.82. The van der Waals surface area contributed by atoms with E-state index in [4.69, 9.17) is 9.98 Å². The van der Waals surface area contributed by atoms with Gasteiger partial charge in [-0.25, -0.2) is 9.98 Å². The van der Waals surface area contributed by atoms with E-state index in [0.717, 1.165) is 22.4 Å². The van der Waals surface area contributed by atoms with E-state index in [2.05, 4.69) is 145 Å². The maximum atomic E-state index is 5.03. The number of hydrogen-bond acceptors (Lipinski definition) is 2. The van der Waals surface area contributed by atoms with Crippen LogP contribution >= 0.6 is 11.3 Å². The molecule has 9 rings (SSSR count). The molecule has 0 radical (unpaired) electrons. The van der Waals surface area contributed by atoms with Gasteiger partial charge in [0.25, 0.3) is 0 Å². The number of amidine groups is 1. The molecule has 2 nitrogen and oxygen atoms in total. The lowest BCUT2D eigenvalue weighted by Gasteiger charge is -2.25. The molecule has 0 N–H and O–H groups in total. The topological polar surface area (TPSA) is 24.7 Å². The molecule has 0 spiro atoms. The summed E-state index contributed by atoms with van der Waals surface area (Å²) in [5, 5.41) is 2.58. The molecule has 1 aliphatic carbocycles. The second-order valence-corrected chi connectivity index (χ2v) is 16.3. The van der Waals surface area contributed by atoms with Crippen LogP contribution in [-0.2, 0) is 5.41 Å². The third-order valence-electron chi connectivity index (χ3n) is 11.1. The Morgan fingerprint density at radius 3 is 1.95 bits per heavy atom. The first-order chi connectivity index (χ1) is 27.1. The van der Waals surface area contributed by atoms with Crippen LogP contribution in [0.1, 0.15) is 65.3 Å². The van der Waals surface area contributed by atoms with Gasteiger partial charge in [-0.2, -0.15) is 0 Å². The second-order valence-electron chi connectivity index (χ2n) is 15.2. The van der Waals surface area contributed by atoms with E-state index >= 15 is 0 Å². The fraction of sp³-hybridized carbons (Fsp3) is 0.132. The van der Waals surface area contributed by atoms with Crippen molar-refractivity contribution in [2.75, 3.05) is 0 Å². The summed E-state index contributed by atoms with van der Waals surface area (Å²) < 4.78 is 2.55. The number of fused-ring (bicyclic) bond motifs is 6. The van der Waals surface area contributed by atoms with E-state index in [0.29, 0.717) is 11.5 Å². The molecule has 8 aromatic rings. The average Bonchev–Trinajstić information content (AvgIpc) is 3.70. The van der Waals surface area contributed by atoms with Gasteiger partial charge in [-0.1, -0.05) is 172 Å². The maximum Gasteiger partial charge on any atom is 0.160 e. The van der Waals surface area contributed by atoms with Gasteiger partial charge < -0.3 is 0 Å². The van der Waals surface area contributed by atoms with Crippen molar-refractivity contribution in [1.29, 1.82) is 0 Å². The van der Waals surface area contributed by atoms with Crippen LogP contribution in [0.2, 0.25) is 0 Å². The molecule has 0 saturated carbocycles. The summed E-state index contributed by atoms with van der Waals surface area (Å²) in [5.41, 5.74) is 17.3. The van der Waals surface area contributed by atoms with Crippen LogP contribution in [0.5, 0.6) is 0 Å². The Hall–Kier alpha value is -6.16. The number of aliphatic imine (C=N–C) groups is 2. The van der Waals surface area contributed by atoms with E-state index in [1.165, 1.54) is 70.2 Å². The van der Waals surface area contributed by atoms with Gasteiger partial charge in [-0.15, -0.1) is 11.3 Å². The van der Waals surface area contributed by atoms with Gasteiger partial charge in [0.05, 0.1) is 5.70 Å². The van der Waals surface area contributed by atoms with Crippen molar-refractivity contribution in [2.45, 2.75) is 47.0 Å². The Morgan fingerprint density at radius 1 is 0.571 bits per heavy atom. The van der Waals surface area contributed by atoms with Gasteiger partial charge in [0.2, 0.25) is 0 Å². The first-order valence-corrected chi connectivity index (χ1v) is 20.1. The number of thiophene rings is 1. The molecule has 0 aliphatic heterocycles. The summed E-state index contributed by atoms with van der Waals surface area (Å²) in [6, 6.07) is 55.4. The summed E-state index contributed by atoms with van der Waals surface area (Å²) in [7, 11) is 0. The summed E-state index contributed by atoms with van der Waals surface area (Å²) in [6.07, 6.45) is 0. The van der Waals surface area contributed by atoms with E-state index in [9.17, 15) is 0 Å². The Balaban J connectivity index is 0.000000168. The molecular formula is C53H46N2S. The van der Waals surface area contributed by atoms with Gasteiger partial charge in [0.15, 0.2) is 5.84 Å². The fourth-order valence-corrected chi connectivity index (χ4v) is 9.54. The smallest absolute Gasteiger partial charge is 0.160 e. The van der Waals surface area contributed by atoms with Crippen molar-refractivity contribution in [3.63, 3.8) is 0 Å². The van der Waals surface area contributed by atoms with Crippen molar-refractivity contribution in [3.8, 4) is 22.3 Å². The van der Waals surface area contributed by atoms with E-state index < -0.39 is 0 Å². The Labute approximate surface area is 335 Å². The Morgan fingerprint density at radius 2 is 1.21 bits per heavy atom. The predicted molar refractivity (Wildman–Crippen MR) is 244 cm³/mol. The van der Waals surface area contributed by atoms with E-state index in [1.807, 2.05) is 72.0 Å². The van der Waals surface area contributed by atoms with Crippen LogP contribution < -0.4 is 0 Å². The minimum Gasteiger partial charge on any atom is -0.233 e. The zero-order chi connectivity index (χ0) is 39.0. The molecule has 1 heterocycles. The highest BCUT2D eigenvalue weighted by atomic mass is 32.1. The number of hydrogen-bond donors (Lipinski definition) is 0. The molecule has 0 fully saturated rings. The molecule has 1 aliphatic rings. The van der Waals surface area contributed by atoms with E-state index in [1.54, 1.807) is 0 Å². The number of aryl methyl sites for hydroxylation is 2. The van der Waals surface area contributed by atoms with Crippen LogP contribution in [0.15, 0.2) is 174 Å². The average molecular weight is 743 g/mol. The van der Waals surface area contributed by atoms with Gasteiger partial charge >= 0.3 is 0 Å². The zero-order valence-corrected chi connectivity index (χ0v) is 33.8. The summed E-state index contributed by atoms with van der Waals surface area (Å²) in [5.74, 6) is 0.663. The predicted octanol–water partition coefficient (Wildman–Crippen LogP) is 14.6. The van der Waals surface area contributed by atoms with Crippen molar-refractivity contribution in [3.05, 3.63) is 209 Å². The summed E-state index contributed by atoms with van der Waals surface area (Å²) in [4.78, 5) is 9.89. The molecule has 0 saturated heterocycles. The normalized spacial score (nSPS) is 13.2. The van der Waals surface area contributed by atoms with Crippen LogP contribution in [0.3, 0.4) is 0 Å². The SMILES string of the molecule is C=C(N=C(N=C(C)c1cccc2c1sc1ccc(C)cc12)c1ccccc1)c1ccccc1.Cc1ccccc1-c1ccc2c(c1C)C(C)(C)c1ccccc1-2. The standard InChI is InChI=1S/C30H24N2S.C23H22/c1-20-17-18-28-27(19-20)26-16-10-15-25(29(26)33-28)22(3)32-30(24-13-8-5-9-14-24)31-21(2)23-11-6-4-7-12-23;1-15-9-5-6-10-17(15)18-13-14-20-19-11-7-8-12-21(19)23(3,4)22(20)16(18)2/h4-19H,2H2,1,3H3;5-14H,1-4H3. The lowest BCUT2D eigenvalue weighted by atomic mass is 9.78. The van der Waals surface area contributed by atoms with Crippen molar-refractivity contribution >= 4 is 48.8 Å². The molecule has 0 unspecified atom stereocenters. The second kappa shape index (κ2) is 15.2. The fourth-order valence-electron chi connectivity index (χ4n) is 8.29. The molecule has 56 heavy (non-hydrogen) atoms. The third kappa shape index (κ3) is 6.84. The molecule has 0 amide bonds. The van der Waals surface area contributed by atoms with Crippen molar-refractivity contribution in [1.82, 2.24) is 0 Å². The zero-order valence-electron chi connectivity index (χ0n) is 33.0. The van der Waals surface area contributed by atoms with Gasteiger partial charge in [-0.05, 0) is 89.9 Å². The lowest BCUT2D eigenvalue weighted by Crippen LogP contribution is -2.16. The molecule has 0 bridgehead atoms. The van der Waals surface area contributed by atoms with Crippen LogP contribution in [0.4, 0.5) is 0 Å². The minimum atomic E-state index is 0.0642. The maximum absolute atomic E-state index is 5.03. The molecule has 0 atom stereocenters. The van der Waals surface area contributed by atoms with Gasteiger partial charge in [-0.3, -0.25) is 0 Å². The molecule has 7 aromatic carbocycles. The van der Waals surface area contributed by atoms with Crippen LogP contribution in [0, 0.1) is 20.8 Å². The van der Waals surface area contributed by atoms with Crippen molar-refractivity contribution < 1.29 is 0 Å². The Kier molecular flexibility index (Phi) is 9.97. The monoisotopic (exact) mass is 742 g/mol. The number of nitrogens with zero attached hydrogens (tertiary/aromatic N) is 2. The highest BCUT2D eigenvalue weighted by Gasteiger charge is 2.37. The van der Waals surface area contributed by atoms with Gasteiger partial charge in [0.1, 0.15) is 0 Å². The number of rotatable bonds is 5.